The van der Waals surface area contributed by atoms with Crippen molar-refractivity contribution in [3.05, 3.63) is 36.2 Å². The number of nitrogens with zero attached hydrogens (tertiary/aromatic N) is 4. The van der Waals surface area contributed by atoms with E-state index in [0.29, 0.717) is 19.4 Å². The molecule has 7 nitrogen and oxygen atoms in total. The van der Waals surface area contributed by atoms with Crippen molar-refractivity contribution in [3.8, 4) is 5.75 Å². The molecule has 1 unspecified atom stereocenters. The van der Waals surface area contributed by atoms with E-state index in [-0.39, 0.29) is 17.6 Å². The molecule has 2 aromatic rings. The Bertz CT molecular complexity index is 669. The highest BCUT2D eigenvalue weighted by Gasteiger charge is 2.34. The van der Waals surface area contributed by atoms with E-state index in [1.807, 2.05) is 38.1 Å². The van der Waals surface area contributed by atoms with Gasteiger partial charge in [0.15, 0.2) is 0 Å². The molecule has 0 radical (unpaired) electrons. The summed E-state index contributed by atoms with van der Waals surface area (Å²) in [4.78, 5) is 12.2. The normalized spacial score (nSPS) is 18.8. The van der Waals surface area contributed by atoms with Crippen LogP contribution in [0.5, 0.6) is 5.75 Å². The van der Waals surface area contributed by atoms with Gasteiger partial charge in [0, 0.05) is 24.9 Å². The number of benzene rings is 1. The predicted octanol–water partition coefficient (Wildman–Crippen LogP) is 1.87. The number of para-hydroxylation sites is 1. The molecule has 0 bridgehead atoms. The van der Waals surface area contributed by atoms with E-state index in [0.717, 1.165) is 17.7 Å². The van der Waals surface area contributed by atoms with Gasteiger partial charge in [0.1, 0.15) is 17.7 Å². The molecular formula is C16H21N5O2. The summed E-state index contributed by atoms with van der Waals surface area (Å²) in [6.07, 6.45) is 3.45. The van der Waals surface area contributed by atoms with Crippen LogP contribution in [-0.2, 0) is 11.3 Å². The molecule has 1 amide bonds. The highest BCUT2D eigenvalue weighted by Crippen LogP contribution is 2.39. The third kappa shape index (κ3) is 3.85. The predicted molar refractivity (Wildman–Crippen MR) is 83.7 cm³/mol. The van der Waals surface area contributed by atoms with E-state index in [2.05, 4.69) is 20.8 Å². The minimum atomic E-state index is -0.293. The molecule has 23 heavy (non-hydrogen) atoms. The van der Waals surface area contributed by atoms with E-state index in [9.17, 15) is 4.79 Å². The van der Waals surface area contributed by atoms with Gasteiger partial charge >= 0.3 is 0 Å². The quantitative estimate of drug-likeness (QED) is 0.911. The molecule has 2 heterocycles. The van der Waals surface area contributed by atoms with E-state index < -0.39 is 0 Å². The van der Waals surface area contributed by atoms with Crippen LogP contribution in [0.3, 0.4) is 0 Å². The molecule has 0 saturated heterocycles. The molecule has 1 aliphatic rings. The number of rotatable bonds is 5. The molecule has 3 rings (SSSR count). The number of carbonyl (C=O) groups is 1. The Labute approximate surface area is 135 Å². The maximum atomic E-state index is 12.2. The summed E-state index contributed by atoms with van der Waals surface area (Å²) in [6.45, 7) is 4.72. The molecule has 1 aromatic heterocycles. The number of ether oxygens (including phenoxy) is 1. The van der Waals surface area contributed by atoms with E-state index in [4.69, 9.17) is 4.74 Å². The van der Waals surface area contributed by atoms with Crippen molar-refractivity contribution < 1.29 is 9.53 Å². The van der Waals surface area contributed by atoms with E-state index >= 15 is 0 Å². The van der Waals surface area contributed by atoms with Crippen LogP contribution in [0.15, 0.2) is 30.6 Å². The van der Waals surface area contributed by atoms with Crippen LogP contribution in [-0.4, -0.2) is 31.7 Å². The molecule has 7 heteroatoms. The van der Waals surface area contributed by atoms with E-state index in [1.165, 1.54) is 0 Å². The summed E-state index contributed by atoms with van der Waals surface area (Å²) in [7, 11) is 0. The number of aromatic nitrogens is 4. The van der Waals surface area contributed by atoms with Crippen molar-refractivity contribution in [2.75, 3.05) is 0 Å². The highest BCUT2D eigenvalue weighted by molar-refractivity contribution is 5.76. The number of carbonyl (C=O) groups excluding carboxylic acids is 1. The molecule has 1 aliphatic heterocycles. The molecule has 0 aliphatic carbocycles. The smallest absolute Gasteiger partial charge is 0.220 e. The zero-order valence-electron chi connectivity index (χ0n) is 13.4. The zero-order chi connectivity index (χ0) is 16.3. The number of hydrogen-bond donors (Lipinski definition) is 1. The Morgan fingerprint density at radius 3 is 3.04 bits per heavy atom. The molecule has 0 fully saturated rings. The lowest BCUT2D eigenvalue weighted by atomic mass is 9.89. The van der Waals surface area contributed by atoms with Crippen molar-refractivity contribution in [1.82, 2.24) is 25.5 Å². The molecule has 0 saturated carbocycles. The van der Waals surface area contributed by atoms with Crippen molar-refractivity contribution >= 4 is 5.91 Å². The fraction of sp³-hybridized carbons (Fsp3) is 0.500. The SMILES string of the molecule is CC1(C)CC(NC(=O)CCCn2cnnn2)c2ccccc2O1. The average molecular weight is 315 g/mol. The fourth-order valence-electron chi connectivity index (χ4n) is 2.88. The van der Waals surface area contributed by atoms with Gasteiger partial charge in [-0.05, 0) is 36.8 Å². The first kappa shape index (κ1) is 15.5. The Morgan fingerprint density at radius 1 is 1.43 bits per heavy atom. The number of hydrogen-bond acceptors (Lipinski definition) is 5. The summed E-state index contributed by atoms with van der Waals surface area (Å²) < 4.78 is 7.61. The molecule has 0 spiro atoms. The van der Waals surface area contributed by atoms with Crippen LogP contribution < -0.4 is 10.1 Å². The topological polar surface area (TPSA) is 81.9 Å². The highest BCUT2D eigenvalue weighted by atomic mass is 16.5. The van der Waals surface area contributed by atoms with Gasteiger partial charge in [-0.2, -0.15) is 0 Å². The van der Waals surface area contributed by atoms with Crippen molar-refractivity contribution in [3.63, 3.8) is 0 Å². The molecule has 1 N–H and O–H groups in total. The van der Waals surface area contributed by atoms with Crippen LogP contribution in [0.4, 0.5) is 0 Å². The Morgan fingerprint density at radius 2 is 2.26 bits per heavy atom. The molecule has 122 valence electrons. The van der Waals surface area contributed by atoms with Gasteiger partial charge in [0.2, 0.25) is 5.91 Å². The third-order valence-corrected chi connectivity index (χ3v) is 3.89. The first-order valence-electron chi connectivity index (χ1n) is 7.82. The maximum absolute atomic E-state index is 12.2. The van der Waals surface area contributed by atoms with Crippen molar-refractivity contribution in [2.45, 2.75) is 51.3 Å². The van der Waals surface area contributed by atoms with Gasteiger partial charge in [0.25, 0.3) is 0 Å². The summed E-state index contributed by atoms with van der Waals surface area (Å²) in [5, 5.41) is 14.1. The van der Waals surface area contributed by atoms with Gasteiger partial charge in [-0.15, -0.1) is 5.10 Å². The summed E-state index contributed by atoms with van der Waals surface area (Å²) >= 11 is 0. The number of fused-ring (bicyclic) bond motifs is 1. The largest absolute Gasteiger partial charge is 0.487 e. The second kappa shape index (κ2) is 6.36. The number of amides is 1. The molecular weight excluding hydrogens is 294 g/mol. The Kier molecular flexibility index (Phi) is 4.27. The van der Waals surface area contributed by atoms with Gasteiger partial charge in [-0.3, -0.25) is 4.79 Å². The average Bonchev–Trinajstić information content (AvgIpc) is 2.99. The summed E-state index contributed by atoms with van der Waals surface area (Å²) in [5.41, 5.74) is 0.749. The van der Waals surface area contributed by atoms with Gasteiger partial charge in [0.05, 0.1) is 6.04 Å². The molecule has 1 aromatic carbocycles. The van der Waals surface area contributed by atoms with Crippen LogP contribution in [0, 0.1) is 0 Å². The Hall–Kier alpha value is -2.44. The second-order valence-corrected chi connectivity index (χ2v) is 6.40. The first-order chi connectivity index (χ1) is 11.0. The lowest BCUT2D eigenvalue weighted by Gasteiger charge is -2.37. The van der Waals surface area contributed by atoms with Crippen molar-refractivity contribution in [2.24, 2.45) is 0 Å². The van der Waals surface area contributed by atoms with Crippen molar-refractivity contribution in [1.29, 1.82) is 0 Å². The monoisotopic (exact) mass is 315 g/mol. The van der Waals surface area contributed by atoms with Crippen LogP contribution in [0.25, 0.3) is 0 Å². The standard InChI is InChI=1S/C16H21N5O2/c1-16(2)10-13(12-6-3-4-7-14(12)23-16)18-15(22)8-5-9-21-11-17-19-20-21/h3-4,6-7,11,13H,5,8-10H2,1-2H3,(H,18,22). The second-order valence-electron chi connectivity index (χ2n) is 6.40. The number of aryl methyl sites for hydroxylation is 1. The fourth-order valence-corrected chi connectivity index (χ4v) is 2.88. The van der Waals surface area contributed by atoms with Gasteiger partial charge in [-0.25, -0.2) is 4.68 Å². The minimum absolute atomic E-state index is 0.0181. The number of tetrazole rings is 1. The minimum Gasteiger partial charge on any atom is -0.487 e. The third-order valence-electron chi connectivity index (χ3n) is 3.89. The van der Waals surface area contributed by atoms with E-state index in [1.54, 1.807) is 11.0 Å². The molecule has 1 atom stereocenters. The lowest BCUT2D eigenvalue weighted by Crippen LogP contribution is -2.41. The van der Waals surface area contributed by atoms with Gasteiger partial charge in [-0.1, -0.05) is 18.2 Å². The van der Waals surface area contributed by atoms with Crippen LogP contribution in [0.1, 0.15) is 44.7 Å². The summed E-state index contributed by atoms with van der Waals surface area (Å²) in [6, 6.07) is 7.86. The maximum Gasteiger partial charge on any atom is 0.220 e. The number of nitrogens with one attached hydrogen (secondary N) is 1. The zero-order valence-corrected chi connectivity index (χ0v) is 13.4. The Balaban J connectivity index is 1.59. The van der Waals surface area contributed by atoms with Gasteiger partial charge < -0.3 is 10.1 Å². The van der Waals surface area contributed by atoms with Crippen LogP contribution in [0.2, 0.25) is 0 Å². The lowest BCUT2D eigenvalue weighted by molar-refractivity contribution is -0.122. The van der Waals surface area contributed by atoms with Crippen LogP contribution >= 0.6 is 0 Å². The first-order valence-corrected chi connectivity index (χ1v) is 7.82. The summed E-state index contributed by atoms with van der Waals surface area (Å²) in [5.74, 6) is 0.887.